The van der Waals surface area contributed by atoms with E-state index in [2.05, 4.69) is 5.32 Å². The predicted molar refractivity (Wildman–Crippen MR) is 73.7 cm³/mol. The van der Waals surface area contributed by atoms with Crippen LogP contribution in [0.15, 0.2) is 0 Å². The Balaban J connectivity index is 1.91. The Morgan fingerprint density at radius 2 is 1.90 bits per heavy atom. The van der Waals surface area contributed by atoms with E-state index in [0.29, 0.717) is 26.3 Å². The minimum absolute atomic E-state index is 0.00417. The first-order valence-electron chi connectivity index (χ1n) is 6.94. The number of aliphatic carboxylic acids is 1. The van der Waals surface area contributed by atoms with E-state index in [1.54, 1.807) is 0 Å². The highest BCUT2D eigenvalue weighted by atomic mass is 32.2. The number of ether oxygens (including phenoxy) is 1. The third kappa shape index (κ3) is 5.16. The number of hydrogen-bond donors (Lipinski definition) is 2. The molecule has 2 N–H and O–H groups in total. The van der Waals surface area contributed by atoms with Gasteiger partial charge in [0.05, 0.1) is 24.7 Å². The molecule has 1 saturated carbocycles. The predicted octanol–water partition coefficient (Wildman–Crippen LogP) is -0.694. The average Bonchev–Trinajstić information content (AvgIpc) is 3.21. The zero-order valence-electron chi connectivity index (χ0n) is 11.7. The molecule has 1 aliphatic carbocycles. The Kier molecular flexibility index (Phi) is 5.04. The van der Waals surface area contributed by atoms with Crippen molar-refractivity contribution in [2.45, 2.75) is 18.9 Å². The summed E-state index contributed by atoms with van der Waals surface area (Å²) >= 11 is 0. The molecule has 0 aromatic heterocycles. The van der Waals surface area contributed by atoms with Crippen LogP contribution in [0.1, 0.15) is 12.8 Å². The number of rotatable bonds is 6. The number of sulfone groups is 1. The number of carbonyl (C=O) groups is 2. The molecule has 1 saturated heterocycles. The molecule has 1 atom stereocenters. The summed E-state index contributed by atoms with van der Waals surface area (Å²) in [4.78, 5) is 24.5. The number of morpholine rings is 1. The zero-order valence-corrected chi connectivity index (χ0v) is 12.5. The molecule has 2 fully saturated rings. The van der Waals surface area contributed by atoms with E-state index < -0.39 is 33.6 Å². The number of nitrogens with zero attached hydrogens (tertiary/aromatic N) is 1. The molecular formula is C12H20N2O6S. The number of urea groups is 1. The number of amides is 2. The van der Waals surface area contributed by atoms with Crippen LogP contribution in [0.5, 0.6) is 0 Å². The van der Waals surface area contributed by atoms with Crippen LogP contribution in [0.3, 0.4) is 0 Å². The minimum atomic E-state index is -3.48. The maximum Gasteiger partial charge on any atom is 0.327 e. The van der Waals surface area contributed by atoms with Gasteiger partial charge >= 0.3 is 12.0 Å². The van der Waals surface area contributed by atoms with Gasteiger partial charge in [-0.25, -0.2) is 18.0 Å². The fourth-order valence-corrected chi connectivity index (χ4v) is 4.07. The maximum absolute atomic E-state index is 11.9. The van der Waals surface area contributed by atoms with Gasteiger partial charge in [0.25, 0.3) is 0 Å². The summed E-state index contributed by atoms with van der Waals surface area (Å²) in [6.07, 6.45) is 1.74. The Hall–Kier alpha value is -1.35. The number of hydrogen-bond acceptors (Lipinski definition) is 5. The topological polar surface area (TPSA) is 113 Å². The quantitative estimate of drug-likeness (QED) is 0.669. The lowest BCUT2D eigenvalue weighted by Gasteiger charge is -2.28. The summed E-state index contributed by atoms with van der Waals surface area (Å²) in [5.41, 5.74) is 0. The molecule has 8 nitrogen and oxygen atoms in total. The molecule has 2 rings (SSSR count). The SMILES string of the molecule is O=C(O)C(CS(=O)(=O)CC1CC1)NC(=O)N1CCOCC1. The molecule has 0 radical (unpaired) electrons. The lowest BCUT2D eigenvalue weighted by atomic mass is 10.3. The molecule has 2 aliphatic rings. The molecule has 1 unspecified atom stereocenters. The normalized spacial score (nSPS) is 20.9. The van der Waals surface area contributed by atoms with Gasteiger partial charge in [-0.2, -0.15) is 0 Å². The summed E-state index contributed by atoms with van der Waals surface area (Å²) in [5, 5.41) is 11.4. The first-order valence-corrected chi connectivity index (χ1v) is 8.76. The molecule has 1 aliphatic heterocycles. The van der Waals surface area contributed by atoms with Crippen molar-refractivity contribution in [3.05, 3.63) is 0 Å². The number of carbonyl (C=O) groups excluding carboxylic acids is 1. The van der Waals surface area contributed by atoms with Gasteiger partial charge in [-0.15, -0.1) is 0 Å². The largest absolute Gasteiger partial charge is 0.480 e. The molecule has 9 heteroatoms. The van der Waals surface area contributed by atoms with Gasteiger partial charge in [0.1, 0.15) is 6.04 Å². The Morgan fingerprint density at radius 3 is 2.43 bits per heavy atom. The van der Waals surface area contributed by atoms with Crippen LogP contribution in [0.2, 0.25) is 0 Å². The van der Waals surface area contributed by atoms with E-state index in [9.17, 15) is 18.0 Å². The van der Waals surface area contributed by atoms with Crippen molar-refractivity contribution in [3.8, 4) is 0 Å². The Labute approximate surface area is 123 Å². The molecule has 0 aromatic rings. The lowest BCUT2D eigenvalue weighted by Crippen LogP contribution is -2.53. The number of carboxylic acids is 1. The second-order valence-corrected chi connectivity index (χ2v) is 7.61. The zero-order chi connectivity index (χ0) is 15.5. The molecule has 0 bridgehead atoms. The first kappa shape index (κ1) is 16.0. The van der Waals surface area contributed by atoms with Crippen molar-refractivity contribution in [1.29, 1.82) is 0 Å². The molecule has 1 heterocycles. The fourth-order valence-electron chi connectivity index (χ4n) is 2.15. The average molecular weight is 320 g/mol. The Morgan fingerprint density at radius 1 is 1.29 bits per heavy atom. The summed E-state index contributed by atoms with van der Waals surface area (Å²) in [6, 6.07) is -1.98. The molecule has 21 heavy (non-hydrogen) atoms. The van der Waals surface area contributed by atoms with Crippen LogP contribution in [-0.2, 0) is 19.4 Å². The maximum atomic E-state index is 11.9. The van der Waals surface area contributed by atoms with Crippen LogP contribution < -0.4 is 5.32 Å². The van der Waals surface area contributed by atoms with Gasteiger partial charge < -0.3 is 20.1 Å². The van der Waals surface area contributed by atoms with Crippen molar-refractivity contribution in [3.63, 3.8) is 0 Å². The standard InChI is InChI=1S/C12H20N2O6S/c15-11(16)10(8-21(18,19)7-9-1-2-9)13-12(17)14-3-5-20-6-4-14/h9-10H,1-8H2,(H,13,17)(H,15,16). The van der Waals surface area contributed by atoms with E-state index in [0.717, 1.165) is 12.8 Å². The van der Waals surface area contributed by atoms with E-state index in [-0.39, 0.29) is 11.7 Å². The molecule has 120 valence electrons. The van der Waals surface area contributed by atoms with Gasteiger partial charge in [0, 0.05) is 13.1 Å². The Bertz CT molecular complexity index is 496. The third-order valence-electron chi connectivity index (χ3n) is 3.50. The minimum Gasteiger partial charge on any atom is -0.480 e. The van der Waals surface area contributed by atoms with Gasteiger partial charge in [-0.3, -0.25) is 0 Å². The van der Waals surface area contributed by atoms with Crippen molar-refractivity contribution < 1.29 is 27.9 Å². The number of nitrogens with one attached hydrogen (secondary N) is 1. The highest BCUT2D eigenvalue weighted by Crippen LogP contribution is 2.30. The second-order valence-electron chi connectivity index (χ2n) is 5.46. The molecule has 0 aromatic carbocycles. The van der Waals surface area contributed by atoms with E-state index in [4.69, 9.17) is 9.84 Å². The van der Waals surface area contributed by atoms with E-state index >= 15 is 0 Å². The molecular weight excluding hydrogens is 300 g/mol. The van der Waals surface area contributed by atoms with E-state index in [1.165, 1.54) is 4.90 Å². The first-order chi connectivity index (χ1) is 9.87. The molecule has 0 spiro atoms. The van der Waals surface area contributed by atoms with Crippen molar-refractivity contribution in [1.82, 2.24) is 10.2 Å². The van der Waals surface area contributed by atoms with Crippen molar-refractivity contribution >= 4 is 21.8 Å². The van der Waals surface area contributed by atoms with Crippen molar-refractivity contribution in [2.75, 3.05) is 37.8 Å². The summed E-state index contributed by atoms with van der Waals surface area (Å²) in [5.74, 6) is -1.74. The fraction of sp³-hybridized carbons (Fsp3) is 0.833. The summed E-state index contributed by atoms with van der Waals surface area (Å²) in [7, 11) is -3.48. The van der Waals surface area contributed by atoms with Crippen LogP contribution in [-0.4, -0.2) is 74.3 Å². The van der Waals surface area contributed by atoms with Crippen LogP contribution in [0.4, 0.5) is 4.79 Å². The third-order valence-corrected chi connectivity index (χ3v) is 5.32. The smallest absolute Gasteiger partial charge is 0.327 e. The van der Waals surface area contributed by atoms with Crippen LogP contribution >= 0.6 is 0 Å². The lowest BCUT2D eigenvalue weighted by molar-refractivity contribution is -0.138. The van der Waals surface area contributed by atoms with Gasteiger partial charge in [0.2, 0.25) is 0 Å². The van der Waals surface area contributed by atoms with Crippen LogP contribution in [0, 0.1) is 5.92 Å². The monoisotopic (exact) mass is 320 g/mol. The van der Waals surface area contributed by atoms with Gasteiger partial charge in [-0.1, -0.05) is 0 Å². The van der Waals surface area contributed by atoms with E-state index in [1.807, 2.05) is 0 Å². The van der Waals surface area contributed by atoms with Crippen LogP contribution in [0.25, 0.3) is 0 Å². The summed E-state index contributed by atoms with van der Waals surface area (Å²) in [6.45, 7) is 1.52. The van der Waals surface area contributed by atoms with Gasteiger partial charge in [0.15, 0.2) is 9.84 Å². The molecule has 2 amide bonds. The highest BCUT2D eigenvalue weighted by Gasteiger charge is 2.33. The highest BCUT2D eigenvalue weighted by molar-refractivity contribution is 7.91. The second kappa shape index (κ2) is 6.61. The number of carboxylic acid groups (broad SMARTS) is 1. The van der Waals surface area contributed by atoms with Crippen molar-refractivity contribution in [2.24, 2.45) is 5.92 Å². The summed E-state index contributed by atoms with van der Waals surface area (Å²) < 4.78 is 28.9. The van der Waals surface area contributed by atoms with Gasteiger partial charge in [-0.05, 0) is 18.8 Å².